The summed E-state index contributed by atoms with van der Waals surface area (Å²) < 4.78 is 28.9. The van der Waals surface area contributed by atoms with Crippen LogP contribution in [-0.2, 0) is 23.7 Å². The molecule has 0 unspecified atom stereocenters. The molecule has 1 aromatic heterocycles. The van der Waals surface area contributed by atoms with Gasteiger partial charge in [-0.05, 0) is 73.9 Å². The Labute approximate surface area is 287 Å². The minimum atomic E-state index is -1.81. The maximum atomic E-state index is 12.1. The molecule has 0 spiro atoms. The Hall–Kier alpha value is -4.37. The molecular weight excluding hydrogens is 627 g/mol. The van der Waals surface area contributed by atoms with E-state index >= 15 is 0 Å². The van der Waals surface area contributed by atoms with Crippen LogP contribution in [0.4, 0.5) is 5.69 Å². The molecule has 0 amide bonds. The van der Waals surface area contributed by atoms with Gasteiger partial charge in [-0.15, -0.1) is 0 Å². The van der Waals surface area contributed by atoms with Crippen molar-refractivity contribution in [3.63, 3.8) is 0 Å². The van der Waals surface area contributed by atoms with E-state index in [1.165, 1.54) is 11.6 Å². The average Bonchev–Trinajstić information content (AvgIpc) is 3.62. The lowest BCUT2D eigenvalue weighted by atomic mass is 9.94. The fourth-order valence-corrected chi connectivity index (χ4v) is 5.68. The van der Waals surface area contributed by atoms with Gasteiger partial charge < -0.3 is 43.1 Å². The second kappa shape index (κ2) is 17.3. The first-order chi connectivity index (χ1) is 23.8. The van der Waals surface area contributed by atoms with E-state index in [-0.39, 0.29) is 0 Å². The highest BCUT2D eigenvalue weighted by molar-refractivity contribution is 6.40. The van der Waals surface area contributed by atoms with E-state index in [1.807, 2.05) is 44.2 Å². The summed E-state index contributed by atoms with van der Waals surface area (Å²) in [6, 6.07) is 15.1. The van der Waals surface area contributed by atoms with E-state index in [4.69, 9.17) is 28.7 Å². The Morgan fingerprint density at radius 1 is 0.837 bits per heavy atom. The van der Waals surface area contributed by atoms with E-state index in [1.54, 1.807) is 31.2 Å². The topological polar surface area (TPSA) is 137 Å². The molecule has 3 aromatic rings. The Kier molecular flexibility index (Phi) is 12.7. The van der Waals surface area contributed by atoms with Crippen LogP contribution in [0.2, 0.25) is 0 Å². The third-order valence-corrected chi connectivity index (χ3v) is 8.11. The van der Waals surface area contributed by atoms with Gasteiger partial charge in [-0.25, -0.2) is 14.8 Å². The Morgan fingerprint density at radius 2 is 1.45 bits per heavy atom. The van der Waals surface area contributed by atoms with Crippen molar-refractivity contribution in [3.05, 3.63) is 106 Å². The largest absolute Gasteiger partial charge is 0.593 e. The first kappa shape index (κ1) is 35.9. The number of carbonyl (C=O) groups is 1. The normalized spacial score (nSPS) is 17.8. The van der Waals surface area contributed by atoms with Crippen LogP contribution in [0, 0.1) is 13.8 Å². The first-order valence-electron chi connectivity index (χ1n) is 16.2. The smallest absolute Gasteiger partial charge is 0.465 e. The maximum Gasteiger partial charge on any atom is 0.593 e. The molecule has 0 aliphatic carbocycles. The number of allylic oxidation sites excluding steroid dienone is 3. The number of hydrogen-bond acceptors (Lipinski definition) is 11. The molecule has 2 N–H and O–H groups in total. The monoisotopic (exact) mass is 670 g/mol. The summed E-state index contributed by atoms with van der Waals surface area (Å²) in [5, 5.41) is 20.6. The highest BCUT2D eigenvalue weighted by Gasteiger charge is 2.28. The minimum absolute atomic E-state index is 0.399. The molecule has 1 fully saturated rings. The third-order valence-electron chi connectivity index (χ3n) is 8.11. The van der Waals surface area contributed by atoms with E-state index in [9.17, 15) is 14.8 Å². The van der Waals surface area contributed by atoms with Gasteiger partial charge in [0.25, 0.3) is 0 Å². The van der Waals surface area contributed by atoms with Crippen LogP contribution >= 0.6 is 0 Å². The molecule has 2 aliphatic heterocycles. The van der Waals surface area contributed by atoms with E-state index in [0.29, 0.717) is 93.6 Å². The zero-order chi connectivity index (χ0) is 34.8. The fraction of sp³-hybridized carbons (Fsp3) is 0.361. The van der Waals surface area contributed by atoms with Gasteiger partial charge in [0.2, 0.25) is 0 Å². The van der Waals surface area contributed by atoms with Crippen molar-refractivity contribution < 1.29 is 38.5 Å². The molecule has 0 radical (unpaired) electrons. The molecule has 5 rings (SSSR count). The predicted octanol–water partition coefficient (Wildman–Crippen LogP) is 3.82. The first-order valence-corrected chi connectivity index (χ1v) is 16.2. The van der Waals surface area contributed by atoms with Crippen molar-refractivity contribution in [2.75, 3.05) is 71.5 Å². The van der Waals surface area contributed by atoms with Gasteiger partial charge in [-0.3, -0.25) is 0 Å². The molecule has 0 atom stereocenters. The summed E-state index contributed by atoms with van der Waals surface area (Å²) in [4.78, 5) is 23.8. The number of rotatable bonds is 7. The summed E-state index contributed by atoms with van der Waals surface area (Å²) in [7, 11) is -0.474. The SMILES string of the molecule is COC(=O)c1ccc(/C(=C2N=C(/C=C/c3ccc(N4CCOCCOCCOCCOC4)cc3)C=C/2C)c2c(C)nc(C)n2B(O)O)cc1. The highest BCUT2D eigenvalue weighted by atomic mass is 16.6. The van der Waals surface area contributed by atoms with Gasteiger partial charge in [0.05, 0.1) is 87.5 Å². The summed E-state index contributed by atoms with van der Waals surface area (Å²) in [5.74, 6) is -0.00325. The molecule has 2 aliphatic rings. The van der Waals surface area contributed by atoms with Crippen molar-refractivity contribution in [1.29, 1.82) is 0 Å². The predicted molar refractivity (Wildman–Crippen MR) is 188 cm³/mol. The molecule has 1 saturated heterocycles. The fourth-order valence-electron chi connectivity index (χ4n) is 5.68. The van der Waals surface area contributed by atoms with Crippen LogP contribution in [0.1, 0.15) is 45.6 Å². The Bertz CT molecular complexity index is 1700. The quantitative estimate of drug-likeness (QED) is 0.282. The van der Waals surface area contributed by atoms with Crippen molar-refractivity contribution >= 4 is 36.3 Å². The van der Waals surface area contributed by atoms with Crippen LogP contribution in [0.5, 0.6) is 0 Å². The molecule has 0 saturated carbocycles. The minimum Gasteiger partial charge on any atom is -0.465 e. The lowest BCUT2D eigenvalue weighted by Crippen LogP contribution is -2.31. The molecular formula is C36H43BN4O8. The number of benzene rings is 2. The standard InChI is InChI=1S/C36H43BN4O8/c1-25-23-31(12-5-28-6-13-32(14-7-28)40-15-16-46-17-18-47-19-20-48-21-22-49-24-40)39-34(25)33(29-8-10-30(11-9-29)36(42)45-4)35-26(2)38-27(3)41(35)37(43)44/h5-14,23,43-44H,15-22,24H2,1-4H3/b12-5+,34-33-. The van der Waals surface area contributed by atoms with Crippen LogP contribution < -0.4 is 4.90 Å². The Morgan fingerprint density at radius 3 is 2.08 bits per heavy atom. The Balaban J connectivity index is 1.40. The lowest BCUT2D eigenvalue weighted by Gasteiger charge is -2.25. The molecule has 3 heterocycles. The molecule has 49 heavy (non-hydrogen) atoms. The second-order valence-corrected chi connectivity index (χ2v) is 11.5. The molecule has 258 valence electrons. The zero-order valence-corrected chi connectivity index (χ0v) is 28.4. The van der Waals surface area contributed by atoms with E-state index in [0.717, 1.165) is 28.1 Å². The second-order valence-electron chi connectivity index (χ2n) is 11.5. The number of aromatic nitrogens is 2. The van der Waals surface area contributed by atoms with Crippen molar-refractivity contribution in [1.82, 2.24) is 9.46 Å². The summed E-state index contributed by atoms with van der Waals surface area (Å²) >= 11 is 0. The molecule has 2 aromatic carbocycles. The lowest BCUT2D eigenvalue weighted by molar-refractivity contribution is -0.00690. The summed E-state index contributed by atoms with van der Waals surface area (Å²) in [5.41, 5.74) is 7.21. The highest BCUT2D eigenvalue weighted by Crippen LogP contribution is 2.36. The number of methoxy groups -OCH3 is 1. The number of hydrogen-bond donors (Lipinski definition) is 2. The van der Waals surface area contributed by atoms with Crippen LogP contribution in [0.25, 0.3) is 11.6 Å². The zero-order valence-electron chi connectivity index (χ0n) is 28.4. The number of imidazole rings is 1. The number of carbonyl (C=O) groups excluding carboxylic acids is 1. The van der Waals surface area contributed by atoms with Crippen molar-refractivity contribution in [2.24, 2.45) is 4.99 Å². The maximum absolute atomic E-state index is 12.1. The van der Waals surface area contributed by atoms with Gasteiger partial charge in [0.1, 0.15) is 6.73 Å². The number of aryl methyl sites for hydroxylation is 2. The van der Waals surface area contributed by atoms with Crippen LogP contribution in [-0.4, -0.2) is 105 Å². The van der Waals surface area contributed by atoms with Gasteiger partial charge >= 0.3 is 13.2 Å². The average molecular weight is 671 g/mol. The number of nitrogens with zero attached hydrogens (tertiary/aromatic N) is 4. The number of ether oxygens (including phenoxy) is 5. The van der Waals surface area contributed by atoms with Gasteiger partial charge in [-0.2, -0.15) is 0 Å². The van der Waals surface area contributed by atoms with Gasteiger partial charge in [0.15, 0.2) is 0 Å². The van der Waals surface area contributed by atoms with Gasteiger partial charge in [-0.1, -0.05) is 30.3 Å². The molecule has 13 heteroatoms. The number of esters is 1. The van der Waals surface area contributed by atoms with Crippen LogP contribution in [0.3, 0.4) is 0 Å². The summed E-state index contributed by atoms with van der Waals surface area (Å²) in [6.07, 6.45) is 5.92. The van der Waals surface area contributed by atoms with Crippen LogP contribution in [0.15, 0.2) is 76.9 Å². The number of anilines is 1. The van der Waals surface area contributed by atoms with E-state index < -0.39 is 13.2 Å². The summed E-state index contributed by atoms with van der Waals surface area (Å²) in [6.45, 7) is 10.3. The van der Waals surface area contributed by atoms with E-state index in [2.05, 4.69) is 22.0 Å². The number of aliphatic imine (C=N–C) groups is 1. The molecule has 12 nitrogen and oxygen atoms in total. The van der Waals surface area contributed by atoms with Gasteiger partial charge in [0, 0.05) is 17.8 Å². The van der Waals surface area contributed by atoms with Crippen molar-refractivity contribution in [3.8, 4) is 0 Å². The molecule has 0 bridgehead atoms. The van der Waals surface area contributed by atoms with Crippen molar-refractivity contribution in [2.45, 2.75) is 20.8 Å². The third kappa shape index (κ3) is 9.21.